The molecular formula is C15H13F2NO. The van der Waals surface area contributed by atoms with Crippen LogP contribution in [-0.4, -0.2) is 5.78 Å². The third-order valence-corrected chi connectivity index (χ3v) is 2.96. The fourth-order valence-corrected chi connectivity index (χ4v) is 1.87. The lowest BCUT2D eigenvalue weighted by molar-refractivity contribution is 0.103. The Kier molecular flexibility index (Phi) is 3.34. The molecule has 0 fully saturated rings. The molecule has 4 heteroatoms. The average Bonchev–Trinajstić information content (AvgIpc) is 2.37. The van der Waals surface area contributed by atoms with Crippen LogP contribution in [-0.2, 0) is 0 Å². The number of ketones is 1. The van der Waals surface area contributed by atoms with E-state index in [1.165, 1.54) is 19.1 Å². The Morgan fingerprint density at radius 2 is 1.79 bits per heavy atom. The molecule has 0 aliphatic rings. The van der Waals surface area contributed by atoms with Crippen molar-refractivity contribution in [2.45, 2.75) is 13.8 Å². The predicted molar refractivity (Wildman–Crippen MR) is 70.1 cm³/mol. The molecule has 0 aromatic heterocycles. The number of halogens is 2. The zero-order valence-electron chi connectivity index (χ0n) is 10.6. The number of aryl methyl sites for hydroxylation is 2. The summed E-state index contributed by atoms with van der Waals surface area (Å²) in [5.74, 6) is -2.46. The van der Waals surface area contributed by atoms with Crippen LogP contribution in [0.4, 0.5) is 14.5 Å². The Balaban J connectivity index is 2.63. The molecule has 0 bridgehead atoms. The quantitative estimate of drug-likeness (QED) is 0.665. The Morgan fingerprint density at radius 3 is 2.47 bits per heavy atom. The third kappa shape index (κ3) is 2.34. The van der Waals surface area contributed by atoms with E-state index >= 15 is 0 Å². The summed E-state index contributed by atoms with van der Waals surface area (Å²) in [7, 11) is 0. The Morgan fingerprint density at radius 1 is 1.11 bits per heavy atom. The van der Waals surface area contributed by atoms with Gasteiger partial charge >= 0.3 is 0 Å². The van der Waals surface area contributed by atoms with Crippen molar-refractivity contribution in [1.82, 2.24) is 0 Å². The third-order valence-electron chi connectivity index (χ3n) is 2.96. The van der Waals surface area contributed by atoms with Crippen molar-refractivity contribution in [2.75, 3.05) is 5.73 Å². The van der Waals surface area contributed by atoms with Crippen molar-refractivity contribution in [3.05, 3.63) is 64.2 Å². The lowest BCUT2D eigenvalue weighted by Gasteiger charge is -2.09. The number of anilines is 1. The molecule has 0 aliphatic carbocycles. The van der Waals surface area contributed by atoms with Crippen LogP contribution < -0.4 is 5.73 Å². The van der Waals surface area contributed by atoms with E-state index in [-0.39, 0.29) is 16.8 Å². The van der Waals surface area contributed by atoms with Crippen molar-refractivity contribution < 1.29 is 13.6 Å². The summed E-state index contributed by atoms with van der Waals surface area (Å²) in [6, 6.07) is 7.18. The molecule has 0 heterocycles. The summed E-state index contributed by atoms with van der Waals surface area (Å²) in [5.41, 5.74) is 6.48. The Labute approximate surface area is 109 Å². The van der Waals surface area contributed by atoms with Gasteiger partial charge in [0.15, 0.2) is 0 Å². The van der Waals surface area contributed by atoms with Gasteiger partial charge in [0.2, 0.25) is 5.78 Å². The van der Waals surface area contributed by atoms with E-state index in [1.807, 2.05) is 0 Å². The maximum Gasteiger partial charge on any atom is 0.201 e. The first-order chi connectivity index (χ1) is 8.91. The standard InChI is InChI=1S/C15H13F2NO/c1-8-3-6-12(18)10(7-8)15(19)13-11(16)5-4-9(2)14(13)17/h3-7H,18H2,1-2H3. The van der Waals surface area contributed by atoms with Gasteiger partial charge in [-0.1, -0.05) is 17.7 Å². The molecule has 0 saturated heterocycles. The van der Waals surface area contributed by atoms with E-state index in [9.17, 15) is 13.6 Å². The fraction of sp³-hybridized carbons (Fsp3) is 0.133. The maximum atomic E-state index is 13.9. The van der Waals surface area contributed by atoms with E-state index in [1.54, 1.807) is 19.1 Å². The molecule has 0 unspecified atom stereocenters. The first-order valence-corrected chi connectivity index (χ1v) is 5.77. The van der Waals surface area contributed by atoms with Gasteiger partial charge in [0.1, 0.15) is 11.6 Å². The Bertz CT molecular complexity index is 665. The van der Waals surface area contributed by atoms with Gasteiger partial charge in [-0.05, 0) is 37.6 Å². The SMILES string of the molecule is Cc1ccc(N)c(C(=O)c2c(F)ccc(C)c2F)c1. The number of nitrogen functional groups attached to an aromatic ring is 1. The van der Waals surface area contributed by atoms with Crippen LogP contribution in [0.3, 0.4) is 0 Å². The van der Waals surface area contributed by atoms with Crippen LogP contribution in [0.5, 0.6) is 0 Å². The number of carbonyl (C=O) groups is 1. The lowest BCUT2D eigenvalue weighted by atomic mass is 9.97. The smallest absolute Gasteiger partial charge is 0.201 e. The minimum absolute atomic E-state index is 0.114. The monoisotopic (exact) mass is 261 g/mol. The molecule has 0 atom stereocenters. The highest BCUT2D eigenvalue weighted by Gasteiger charge is 2.22. The zero-order valence-corrected chi connectivity index (χ0v) is 10.6. The van der Waals surface area contributed by atoms with Gasteiger partial charge in [-0.2, -0.15) is 0 Å². The van der Waals surface area contributed by atoms with Crippen LogP contribution in [0.15, 0.2) is 30.3 Å². The summed E-state index contributed by atoms with van der Waals surface area (Å²) in [6.07, 6.45) is 0. The van der Waals surface area contributed by atoms with Crippen LogP contribution in [0.25, 0.3) is 0 Å². The van der Waals surface area contributed by atoms with Crippen molar-refractivity contribution in [3.63, 3.8) is 0 Å². The van der Waals surface area contributed by atoms with E-state index < -0.39 is 23.0 Å². The van der Waals surface area contributed by atoms with Crippen molar-refractivity contribution >= 4 is 11.5 Å². The second-order valence-electron chi connectivity index (χ2n) is 4.47. The summed E-state index contributed by atoms with van der Waals surface area (Å²) in [6.45, 7) is 3.25. The molecule has 2 rings (SSSR count). The van der Waals surface area contributed by atoms with Gasteiger partial charge in [-0.25, -0.2) is 8.78 Å². The van der Waals surface area contributed by atoms with Crippen molar-refractivity contribution in [1.29, 1.82) is 0 Å². The summed E-state index contributed by atoms with van der Waals surface area (Å²) >= 11 is 0. The molecule has 19 heavy (non-hydrogen) atoms. The number of benzene rings is 2. The molecule has 0 radical (unpaired) electrons. The second kappa shape index (κ2) is 4.80. The van der Waals surface area contributed by atoms with Gasteiger partial charge in [0, 0.05) is 11.3 Å². The number of hydrogen-bond donors (Lipinski definition) is 1. The van der Waals surface area contributed by atoms with Gasteiger partial charge in [0.25, 0.3) is 0 Å². The first-order valence-electron chi connectivity index (χ1n) is 5.77. The molecule has 98 valence electrons. The average molecular weight is 261 g/mol. The minimum Gasteiger partial charge on any atom is -0.398 e. The summed E-state index contributed by atoms with van der Waals surface area (Å²) in [5, 5.41) is 0. The summed E-state index contributed by atoms with van der Waals surface area (Å²) < 4.78 is 27.6. The van der Waals surface area contributed by atoms with Crippen LogP contribution >= 0.6 is 0 Å². The fourth-order valence-electron chi connectivity index (χ4n) is 1.87. The van der Waals surface area contributed by atoms with E-state index in [2.05, 4.69) is 0 Å². The highest BCUT2D eigenvalue weighted by atomic mass is 19.1. The zero-order chi connectivity index (χ0) is 14.2. The van der Waals surface area contributed by atoms with Crippen LogP contribution in [0.2, 0.25) is 0 Å². The number of rotatable bonds is 2. The second-order valence-corrected chi connectivity index (χ2v) is 4.47. The molecule has 0 amide bonds. The highest BCUT2D eigenvalue weighted by molar-refractivity contribution is 6.12. The molecule has 2 aromatic carbocycles. The lowest BCUT2D eigenvalue weighted by Crippen LogP contribution is -2.11. The van der Waals surface area contributed by atoms with Crippen molar-refractivity contribution in [2.24, 2.45) is 0 Å². The number of carbonyl (C=O) groups excluding carboxylic acids is 1. The number of nitrogens with two attached hydrogens (primary N) is 1. The minimum atomic E-state index is -0.881. The molecule has 0 saturated carbocycles. The van der Waals surface area contributed by atoms with E-state index in [0.29, 0.717) is 0 Å². The van der Waals surface area contributed by atoms with Crippen LogP contribution in [0, 0.1) is 25.5 Å². The Hall–Kier alpha value is -2.23. The molecule has 2 nitrogen and oxygen atoms in total. The maximum absolute atomic E-state index is 13.9. The van der Waals surface area contributed by atoms with Crippen molar-refractivity contribution in [3.8, 4) is 0 Å². The van der Waals surface area contributed by atoms with E-state index in [0.717, 1.165) is 11.6 Å². The molecule has 2 aromatic rings. The van der Waals surface area contributed by atoms with Gasteiger partial charge in [0.05, 0.1) is 5.56 Å². The molecular weight excluding hydrogens is 248 g/mol. The van der Waals surface area contributed by atoms with E-state index in [4.69, 9.17) is 5.73 Å². The van der Waals surface area contributed by atoms with Gasteiger partial charge < -0.3 is 5.73 Å². The molecule has 0 spiro atoms. The largest absolute Gasteiger partial charge is 0.398 e. The van der Waals surface area contributed by atoms with Crippen LogP contribution in [0.1, 0.15) is 27.0 Å². The van der Waals surface area contributed by atoms with Gasteiger partial charge in [-0.3, -0.25) is 4.79 Å². The predicted octanol–water partition coefficient (Wildman–Crippen LogP) is 3.39. The highest BCUT2D eigenvalue weighted by Crippen LogP contribution is 2.23. The number of hydrogen-bond acceptors (Lipinski definition) is 2. The topological polar surface area (TPSA) is 43.1 Å². The molecule has 2 N–H and O–H groups in total. The summed E-state index contributed by atoms with van der Waals surface area (Å²) in [4.78, 5) is 12.3. The first kappa shape index (κ1) is 13.2. The van der Waals surface area contributed by atoms with Gasteiger partial charge in [-0.15, -0.1) is 0 Å². The molecule has 0 aliphatic heterocycles. The normalized spacial score (nSPS) is 10.5.